The molecular weight excluding hydrogens is 550 g/mol. The van der Waals surface area contributed by atoms with Crippen molar-refractivity contribution in [2.45, 2.75) is 33.4 Å². The Morgan fingerprint density at radius 2 is 1.76 bits per heavy atom. The third kappa shape index (κ3) is 5.76. The fourth-order valence-corrected chi connectivity index (χ4v) is 5.84. The van der Waals surface area contributed by atoms with Crippen LogP contribution in [0.1, 0.15) is 49.1 Å². The summed E-state index contributed by atoms with van der Waals surface area (Å²) in [6.45, 7) is 6.34. The third-order valence-corrected chi connectivity index (χ3v) is 7.73. The molecule has 0 aliphatic carbocycles. The van der Waals surface area contributed by atoms with Crippen LogP contribution in [0.3, 0.4) is 0 Å². The highest BCUT2D eigenvalue weighted by Crippen LogP contribution is 2.31. The van der Waals surface area contributed by atoms with Crippen molar-refractivity contribution >= 4 is 23.4 Å². The zero-order chi connectivity index (χ0) is 29.6. The molecule has 0 unspecified atom stereocenters. The van der Waals surface area contributed by atoms with Crippen LogP contribution in [-0.4, -0.2) is 23.8 Å². The zero-order valence-corrected chi connectivity index (χ0v) is 24.3. The predicted octanol–water partition coefficient (Wildman–Crippen LogP) is 4.65. The van der Waals surface area contributed by atoms with Crippen molar-refractivity contribution in [3.05, 3.63) is 126 Å². The normalized spacial score (nSPS) is 14.5. The number of hydrogen-bond donors (Lipinski definition) is 0. The maximum absolute atomic E-state index is 14.0. The molecule has 9 heteroatoms. The average molecular weight is 580 g/mol. The number of allylic oxidation sites excluding steroid dienone is 1. The first-order chi connectivity index (χ1) is 20.4. The molecule has 1 aliphatic heterocycles. The van der Waals surface area contributed by atoms with Crippen molar-refractivity contribution in [3.63, 3.8) is 0 Å². The summed E-state index contributed by atoms with van der Waals surface area (Å²) in [5, 5.41) is 9.42. The van der Waals surface area contributed by atoms with E-state index in [0.29, 0.717) is 49.8 Å². The number of ether oxygens (including phenoxy) is 3. The fourth-order valence-electron chi connectivity index (χ4n) is 4.80. The van der Waals surface area contributed by atoms with Gasteiger partial charge in [-0.05, 0) is 56.7 Å². The van der Waals surface area contributed by atoms with Crippen LogP contribution >= 0.6 is 11.3 Å². The summed E-state index contributed by atoms with van der Waals surface area (Å²) in [5.74, 6) is 0.756. The molecule has 0 spiro atoms. The summed E-state index contributed by atoms with van der Waals surface area (Å²) in [5.41, 5.74) is 3.30. The molecule has 2 heterocycles. The van der Waals surface area contributed by atoms with E-state index in [0.717, 1.165) is 11.1 Å². The molecule has 0 saturated carbocycles. The molecule has 0 amide bonds. The van der Waals surface area contributed by atoms with E-state index in [1.165, 1.54) is 11.3 Å². The van der Waals surface area contributed by atoms with E-state index in [9.17, 15) is 14.9 Å². The molecule has 0 bridgehead atoms. The largest absolute Gasteiger partial charge is 0.494 e. The molecule has 4 aromatic rings. The summed E-state index contributed by atoms with van der Waals surface area (Å²) in [6.07, 6.45) is 1.77. The number of benzene rings is 3. The van der Waals surface area contributed by atoms with E-state index < -0.39 is 12.0 Å². The van der Waals surface area contributed by atoms with Crippen molar-refractivity contribution < 1.29 is 19.0 Å². The molecule has 1 aliphatic rings. The lowest BCUT2D eigenvalue weighted by Gasteiger charge is -2.24. The molecule has 0 radical (unpaired) electrons. The molecule has 8 nitrogen and oxygen atoms in total. The number of fused-ring (bicyclic) bond motifs is 1. The second kappa shape index (κ2) is 12.7. The van der Waals surface area contributed by atoms with Gasteiger partial charge in [-0.3, -0.25) is 9.36 Å². The molecule has 0 fully saturated rings. The number of aromatic nitrogens is 1. The van der Waals surface area contributed by atoms with E-state index in [2.05, 4.69) is 11.1 Å². The first-order valence-electron chi connectivity index (χ1n) is 13.6. The first-order valence-corrected chi connectivity index (χ1v) is 14.4. The Labute approximate surface area is 247 Å². The van der Waals surface area contributed by atoms with E-state index in [4.69, 9.17) is 14.2 Å². The maximum atomic E-state index is 14.0. The van der Waals surface area contributed by atoms with Crippen molar-refractivity contribution in [1.82, 2.24) is 4.57 Å². The van der Waals surface area contributed by atoms with Crippen LogP contribution in [0.2, 0.25) is 0 Å². The minimum absolute atomic E-state index is 0.200. The lowest BCUT2D eigenvalue weighted by Crippen LogP contribution is -2.39. The van der Waals surface area contributed by atoms with Crippen molar-refractivity contribution in [3.8, 4) is 17.6 Å². The molecule has 3 aromatic carbocycles. The average Bonchev–Trinajstić information content (AvgIpc) is 3.30. The maximum Gasteiger partial charge on any atom is 0.338 e. The van der Waals surface area contributed by atoms with Crippen LogP contribution in [0.5, 0.6) is 11.5 Å². The minimum Gasteiger partial charge on any atom is -0.494 e. The summed E-state index contributed by atoms with van der Waals surface area (Å²) < 4.78 is 19.1. The molecule has 0 N–H and O–H groups in total. The van der Waals surface area contributed by atoms with Gasteiger partial charge in [0.05, 0.1) is 46.7 Å². The number of carbonyl (C=O) groups is 1. The number of thiazole rings is 1. The third-order valence-electron chi connectivity index (χ3n) is 6.75. The summed E-state index contributed by atoms with van der Waals surface area (Å²) in [6, 6.07) is 23.5. The Morgan fingerprint density at radius 1 is 1.02 bits per heavy atom. The number of nitrogens with zero attached hydrogens (tertiary/aromatic N) is 3. The van der Waals surface area contributed by atoms with Gasteiger partial charge >= 0.3 is 5.97 Å². The number of rotatable bonds is 9. The van der Waals surface area contributed by atoms with Gasteiger partial charge in [0.25, 0.3) is 5.56 Å². The Hall–Kier alpha value is -4.94. The predicted molar refractivity (Wildman–Crippen MR) is 160 cm³/mol. The zero-order valence-electron chi connectivity index (χ0n) is 23.5. The standard InChI is InChI=1S/C33H29N3O5S/c1-4-39-26-16-14-22(15-17-26)30-29(32(38)40-5-2)21(3)35-33-36(30)31(37)28(42-33)18-23-10-8-9-13-27(23)41-20-25-12-7-6-11-24(25)19-34/h6-18,30H,4-5,20H2,1-3H3/b28-18-/t30-/m1/s1. The first kappa shape index (κ1) is 28.6. The van der Waals surface area contributed by atoms with E-state index in [1.54, 1.807) is 30.6 Å². The van der Waals surface area contributed by atoms with E-state index in [1.807, 2.05) is 73.7 Å². The minimum atomic E-state index is -0.716. The number of carbonyl (C=O) groups excluding carboxylic acids is 1. The van der Waals surface area contributed by atoms with Crippen LogP contribution < -0.4 is 24.4 Å². The number of hydrogen-bond acceptors (Lipinski definition) is 8. The van der Waals surface area contributed by atoms with E-state index in [-0.39, 0.29) is 18.8 Å². The molecule has 5 rings (SSSR count). The smallest absolute Gasteiger partial charge is 0.338 e. The number of nitriles is 1. The van der Waals surface area contributed by atoms with Crippen molar-refractivity contribution in [2.75, 3.05) is 13.2 Å². The van der Waals surface area contributed by atoms with Gasteiger partial charge in [-0.25, -0.2) is 9.79 Å². The van der Waals surface area contributed by atoms with Gasteiger partial charge in [0.2, 0.25) is 0 Å². The SMILES string of the molecule is CCOC(=O)C1=C(C)N=c2s/c(=C\c3ccccc3OCc3ccccc3C#N)c(=O)n2[C@@H]1c1ccc(OCC)cc1. The quantitative estimate of drug-likeness (QED) is 0.268. The highest BCUT2D eigenvalue weighted by atomic mass is 32.1. The monoisotopic (exact) mass is 579 g/mol. The molecule has 1 aromatic heterocycles. The van der Waals surface area contributed by atoms with Gasteiger partial charge in [-0.2, -0.15) is 5.26 Å². The lowest BCUT2D eigenvalue weighted by molar-refractivity contribution is -0.139. The van der Waals surface area contributed by atoms with Gasteiger partial charge in [0, 0.05) is 11.1 Å². The fraction of sp³-hybridized carbons (Fsp3) is 0.212. The Morgan fingerprint density at radius 3 is 2.50 bits per heavy atom. The second-order valence-corrected chi connectivity index (χ2v) is 10.4. The molecule has 0 saturated heterocycles. The van der Waals surface area contributed by atoms with Gasteiger partial charge in [-0.1, -0.05) is 59.9 Å². The molecule has 42 heavy (non-hydrogen) atoms. The van der Waals surface area contributed by atoms with Crippen molar-refractivity contribution in [2.24, 2.45) is 4.99 Å². The van der Waals surface area contributed by atoms with E-state index >= 15 is 0 Å². The second-order valence-electron chi connectivity index (χ2n) is 9.40. The molecular formula is C33H29N3O5S. The van der Waals surface area contributed by atoms with Crippen LogP contribution in [0.25, 0.3) is 6.08 Å². The highest BCUT2D eigenvalue weighted by Gasteiger charge is 2.33. The van der Waals surface area contributed by atoms with Crippen LogP contribution in [0.4, 0.5) is 0 Å². The summed E-state index contributed by atoms with van der Waals surface area (Å²) in [4.78, 5) is 32.3. The van der Waals surface area contributed by atoms with Crippen LogP contribution in [-0.2, 0) is 16.1 Å². The Bertz CT molecular complexity index is 1880. The Kier molecular flexibility index (Phi) is 8.65. The number of esters is 1. The van der Waals surface area contributed by atoms with Crippen LogP contribution in [0, 0.1) is 11.3 Å². The van der Waals surface area contributed by atoms with Gasteiger partial charge in [0.15, 0.2) is 4.80 Å². The topological polar surface area (TPSA) is 103 Å². The number of para-hydroxylation sites is 1. The van der Waals surface area contributed by atoms with Gasteiger partial charge in [-0.15, -0.1) is 0 Å². The van der Waals surface area contributed by atoms with Crippen LogP contribution in [0.15, 0.2) is 93.9 Å². The summed E-state index contributed by atoms with van der Waals surface area (Å²) >= 11 is 1.25. The van der Waals surface area contributed by atoms with Gasteiger partial charge in [0.1, 0.15) is 18.1 Å². The Balaban J connectivity index is 1.59. The summed E-state index contributed by atoms with van der Waals surface area (Å²) in [7, 11) is 0. The van der Waals surface area contributed by atoms with Gasteiger partial charge < -0.3 is 14.2 Å². The molecule has 212 valence electrons. The van der Waals surface area contributed by atoms with Crippen molar-refractivity contribution in [1.29, 1.82) is 5.26 Å². The lowest BCUT2D eigenvalue weighted by atomic mass is 9.96. The highest BCUT2D eigenvalue weighted by molar-refractivity contribution is 7.07. The molecule has 1 atom stereocenters.